The maximum atomic E-state index is 6.81. The van der Waals surface area contributed by atoms with Crippen LogP contribution in [-0.4, -0.2) is 0 Å². The van der Waals surface area contributed by atoms with E-state index in [0.29, 0.717) is 0 Å². The van der Waals surface area contributed by atoms with Crippen LogP contribution in [0.2, 0.25) is 0 Å². The molecule has 0 saturated heterocycles. The molecule has 0 saturated carbocycles. The molecule has 2 aromatic heterocycles. The molecule has 0 aliphatic rings. The van der Waals surface area contributed by atoms with E-state index in [1.54, 1.807) is 0 Å². The quantitative estimate of drug-likeness (QED) is 0.164. The second-order valence-electron chi connectivity index (χ2n) is 15.5. The molecule has 11 aromatic carbocycles. The monoisotopic (exact) mass is 752 g/mol. The Kier molecular flexibility index (Phi) is 6.66. The Bertz CT molecular complexity index is 3810. The van der Waals surface area contributed by atoms with Gasteiger partial charge in [0.2, 0.25) is 0 Å². The van der Waals surface area contributed by atoms with E-state index < -0.39 is 0 Å². The van der Waals surface area contributed by atoms with Crippen molar-refractivity contribution in [1.82, 2.24) is 0 Å². The van der Waals surface area contributed by atoms with Gasteiger partial charge in [0.1, 0.15) is 11.2 Å². The van der Waals surface area contributed by atoms with Crippen molar-refractivity contribution in [2.24, 2.45) is 0 Å². The number of furan rings is 1. The third-order valence-electron chi connectivity index (χ3n) is 12.4. The fourth-order valence-corrected chi connectivity index (χ4v) is 11.2. The molecule has 0 amide bonds. The summed E-state index contributed by atoms with van der Waals surface area (Å²) in [7, 11) is 0. The first-order chi connectivity index (χ1) is 28.8. The van der Waals surface area contributed by atoms with Crippen LogP contribution in [-0.2, 0) is 0 Å². The number of hydrogen-bond donors (Lipinski definition) is 0. The van der Waals surface area contributed by atoms with E-state index >= 15 is 0 Å². The van der Waals surface area contributed by atoms with Gasteiger partial charge in [-0.15, -0.1) is 11.3 Å². The lowest BCUT2D eigenvalue weighted by atomic mass is 9.83. The van der Waals surface area contributed by atoms with Crippen molar-refractivity contribution in [2.45, 2.75) is 0 Å². The van der Waals surface area contributed by atoms with Crippen LogP contribution in [0.3, 0.4) is 0 Å². The van der Waals surface area contributed by atoms with Gasteiger partial charge in [-0.3, -0.25) is 0 Å². The van der Waals surface area contributed by atoms with Gasteiger partial charge in [0.25, 0.3) is 0 Å². The second kappa shape index (κ2) is 12.1. The maximum Gasteiger partial charge on any atom is 0.136 e. The smallest absolute Gasteiger partial charge is 0.136 e. The molecule has 0 unspecified atom stereocenters. The Morgan fingerprint density at radius 1 is 0.310 bits per heavy atom. The summed E-state index contributed by atoms with van der Waals surface area (Å²) in [6, 6.07) is 71.4. The maximum absolute atomic E-state index is 6.81. The average molecular weight is 753 g/mol. The lowest BCUT2D eigenvalue weighted by molar-refractivity contribution is 0.669. The zero-order valence-electron chi connectivity index (χ0n) is 31.3. The van der Waals surface area contributed by atoms with Crippen molar-refractivity contribution in [3.05, 3.63) is 194 Å². The molecular weight excluding hydrogens is 721 g/mol. The van der Waals surface area contributed by atoms with Crippen molar-refractivity contribution < 1.29 is 4.42 Å². The highest BCUT2D eigenvalue weighted by molar-refractivity contribution is 7.26. The van der Waals surface area contributed by atoms with Gasteiger partial charge in [0.15, 0.2) is 0 Å². The molecule has 0 atom stereocenters. The normalized spacial score (nSPS) is 12.1. The van der Waals surface area contributed by atoms with Gasteiger partial charge in [0, 0.05) is 30.9 Å². The van der Waals surface area contributed by atoms with Crippen molar-refractivity contribution in [2.75, 3.05) is 0 Å². The molecule has 268 valence electrons. The summed E-state index contributed by atoms with van der Waals surface area (Å²) in [5, 5.41) is 17.4. The fourth-order valence-electron chi connectivity index (χ4n) is 9.95. The summed E-state index contributed by atoms with van der Waals surface area (Å²) in [5.74, 6) is 0. The van der Waals surface area contributed by atoms with Gasteiger partial charge in [-0.05, 0) is 118 Å². The summed E-state index contributed by atoms with van der Waals surface area (Å²) in [5.41, 5.74) is 9.25. The van der Waals surface area contributed by atoms with Crippen LogP contribution in [0.5, 0.6) is 0 Å². The summed E-state index contributed by atoms with van der Waals surface area (Å²) in [6.07, 6.45) is 0. The summed E-state index contributed by atoms with van der Waals surface area (Å²) in [6.45, 7) is 0. The highest BCUT2D eigenvalue weighted by Crippen LogP contribution is 2.49. The Balaban J connectivity index is 1.08. The molecule has 2 heterocycles. The van der Waals surface area contributed by atoms with E-state index in [2.05, 4.69) is 194 Å². The zero-order valence-corrected chi connectivity index (χ0v) is 32.1. The van der Waals surface area contributed by atoms with Crippen molar-refractivity contribution in [1.29, 1.82) is 0 Å². The number of thiophene rings is 1. The van der Waals surface area contributed by atoms with E-state index in [1.165, 1.54) is 118 Å². The van der Waals surface area contributed by atoms with E-state index in [-0.39, 0.29) is 0 Å². The van der Waals surface area contributed by atoms with E-state index in [4.69, 9.17) is 4.42 Å². The Morgan fingerprint density at radius 3 is 1.59 bits per heavy atom. The van der Waals surface area contributed by atoms with Crippen LogP contribution < -0.4 is 0 Å². The molecule has 2 heteroatoms. The standard InChI is InChI=1S/C56H32OS/c1-2-14-34-31-35(26-25-33(34)13-1)52-42-20-7-9-22-44(42)53(45-23-10-8-21-43(45)52)46-28-27-39(36-15-3-4-16-37(36)46)48-32-50-54(41-19-6-5-17-38(41)48)55-49(57-50)30-29-47-40-18-11-12-24-51(40)58-56(47)55/h1-32H. The Hall–Kier alpha value is -7.26. The molecule has 58 heavy (non-hydrogen) atoms. The first-order valence-corrected chi connectivity index (χ1v) is 20.7. The molecule has 0 fully saturated rings. The minimum absolute atomic E-state index is 0.920. The van der Waals surface area contributed by atoms with Crippen molar-refractivity contribution >= 4 is 107 Å². The van der Waals surface area contributed by atoms with Crippen LogP contribution in [0.1, 0.15) is 0 Å². The van der Waals surface area contributed by atoms with E-state index in [9.17, 15) is 0 Å². The minimum atomic E-state index is 0.920. The van der Waals surface area contributed by atoms with Gasteiger partial charge in [0.05, 0.1) is 0 Å². The van der Waals surface area contributed by atoms with Crippen LogP contribution in [0.4, 0.5) is 0 Å². The largest absolute Gasteiger partial charge is 0.456 e. The average Bonchev–Trinajstić information content (AvgIpc) is 3.86. The van der Waals surface area contributed by atoms with E-state index in [0.717, 1.165) is 11.2 Å². The van der Waals surface area contributed by atoms with Crippen LogP contribution in [0.25, 0.3) is 129 Å². The zero-order chi connectivity index (χ0) is 37.9. The van der Waals surface area contributed by atoms with Crippen LogP contribution in [0.15, 0.2) is 199 Å². The molecule has 0 aliphatic heterocycles. The second-order valence-corrected chi connectivity index (χ2v) is 16.5. The lowest BCUT2D eigenvalue weighted by Gasteiger charge is -2.20. The van der Waals surface area contributed by atoms with Crippen molar-refractivity contribution in [3.63, 3.8) is 0 Å². The molecule has 1 nitrogen and oxygen atoms in total. The lowest BCUT2D eigenvalue weighted by Crippen LogP contribution is -1.93. The van der Waals surface area contributed by atoms with Gasteiger partial charge in [-0.25, -0.2) is 0 Å². The third kappa shape index (κ3) is 4.46. The molecule has 0 aliphatic carbocycles. The highest BCUT2D eigenvalue weighted by atomic mass is 32.1. The molecule has 0 spiro atoms. The minimum Gasteiger partial charge on any atom is -0.456 e. The first-order valence-electron chi connectivity index (χ1n) is 19.9. The first kappa shape index (κ1) is 31.9. The fraction of sp³-hybridized carbons (Fsp3) is 0. The van der Waals surface area contributed by atoms with E-state index in [1.807, 2.05) is 11.3 Å². The topological polar surface area (TPSA) is 13.1 Å². The predicted octanol–water partition coefficient (Wildman–Crippen LogP) is 16.7. The van der Waals surface area contributed by atoms with Gasteiger partial charge < -0.3 is 4.42 Å². The molecule has 0 N–H and O–H groups in total. The predicted molar refractivity (Wildman–Crippen MR) is 250 cm³/mol. The van der Waals surface area contributed by atoms with Crippen LogP contribution >= 0.6 is 11.3 Å². The molecule has 13 rings (SSSR count). The summed E-state index contributed by atoms with van der Waals surface area (Å²) < 4.78 is 9.40. The number of fused-ring (bicyclic) bond motifs is 13. The number of hydrogen-bond acceptors (Lipinski definition) is 2. The summed E-state index contributed by atoms with van der Waals surface area (Å²) in [4.78, 5) is 0. The molecular formula is C56H32OS. The number of rotatable bonds is 3. The summed E-state index contributed by atoms with van der Waals surface area (Å²) >= 11 is 1.86. The van der Waals surface area contributed by atoms with Gasteiger partial charge in [-0.1, -0.05) is 164 Å². The van der Waals surface area contributed by atoms with Crippen molar-refractivity contribution in [3.8, 4) is 33.4 Å². The Labute approximate surface area is 337 Å². The van der Waals surface area contributed by atoms with Gasteiger partial charge in [-0.2, -0.15) is 0 Å². The Morgan fingerprint density at radius 2 is 0.862 bits per heavy atom. The number of benzene rings is 11. The third-order valence-corrected chi connectivity index (χ3v) is 13.6. The molecule has 0 bridgehead atoms. The van der Waals surface area contributed by atoms with Gasteiger partial charge >= 0.3 is 0 Å². The molecule has 13 aromatic rings. The highest BCUT2D eigenvalue weighted by Gasteiger charge is 2.22. The molecule has 0 radical (unpaired) electrons. The SMILES string of the molecule is c1ccc2cc(-c3c4ccccc4c(-c4ccc(-c5cc6oc7ccc8c9ccccc9sc8c7c6c6ccccc56)c5ccccc45)c4ccccc34)ccc2c1. The van der Waals surface area contributed by atoms with Crippen LogP contribution in [0, 0.1) is 0 Å².